The van der Waals surface area contributed by atoms with Crippen LogP contribution < -0.4 is 0 Å². The van der Waals surface area contributed by atoms with Gasteiger partial charge < -0.3 is 4.90 Å². The Morgan fingerprint density at radius 1 is 1.20 bits per heavy atom. The smallest absolute Gasteiger partial charge is 0.298 e. The van der Waals surface area contributed by atoms with Crippen LogP contribution >= 0.6 is 23.2 Å². The van der Waals surface area contributed by atoms with Crippen molar-refractivity contribution in [2.45, 2.75) is 6.92 Å². The quantitative estimate of drug-likeness (QED) is 0.281. The summed E-state index contributed by atoms with van der Waals surface area (Å²) in [5.74, 6) is 0.458. The fraction of sp³-hybridized carbons (Fsp3) is 0.455. The summed E-state index contributed by atoms with van der Waals surface area (Å²) >= 11 is 11.2. The summed E-state index contributed by atoms with van der Waals surface area (Å²) in [6.07, 6.45) is 2.04. The first-order valence-electron chi connectivity index (χ1n) is 5.62. The van der Waals surface area contributed by atoms with Gasteiger partial charge in [0.25, 0.3) is 11.4 Å². The second-order valence-corrected chi connectivity index (χ2v) is 4.32. The molecule has 0 spiro atoms. The lowest BCUT2D eigenvalue weighted by molar-refractivity contribution is -0.432. The first-order valence-corrected chi connectivity index (χ1v) is 6.68. The Bertz CT molecular complexity index is 443. The summed E-state index contributed by atoms with van der Waals surface area (Å²) < 4.78 is 0. The van der Waals surface area contributed by atoms with Crippen LogP contribution in [0.1, 0.15) is 6.92 Å². The molecule has 0 heterocycles. The Hall–Kier alpha value is -1.60. The number of nitrogens with zero attached hydrogens (tertiary/aromatic N) is 3. The van der Waals surface area contributed by atoms with Gasteiger partial charge in [0.2, 0.25) is 0 Å². The minimum absolute atomic E-state index is 0.0394. The Morgan fingerprint density at radius 2 is 1.70 bits per heavy atom. The van der Waals surface area contributed by atoms with E-state index in [2.05, 4.69) is 6.58 Å². The average Bonchev–Trinajstić information content (AvgIpc) is 2.38. The zero-order valence-electron chi connectivity index (χ0n) is 10.9. The Morgan fingerprint density at radius 3 is 2.00 bits per heavy atom. The van der Waals surface area contributed by atoms with Gasteiger partial charge >= 0.3 is 0 Å². The van der Waals surface area contributed by atoms with Crippen LogP contribution in [0.2, 0.25) is 0 Å². The van der Waals surface area contributed by atoms with Gasteiger partial charge in [-0.05, 0) is 13.0 Å². The second kappa shape index (κ2) is 9.33. The molecule has 0 atom stereocenters. The van der Waals surface area contributed by atoms with Crippen molar-refractivity contribution < 1.29 is 9.85 Å². The average molecular weight is 324 g/mol. The number of halogens is 2. The van der Waals surface area contributed by atoms with Crippen LogP contribution in [-0.4, -0.2) is 39.6 Å². The third-order valence-corrected chi connectivity index (χ3v) is 2.71. The molecule has 0 aliphatic rings. The standard InChI is InChI=1S/C11H15Cl2N3O4/c1-3-10(15(17)18)8-11(16(19)20)9(2)14(6-4-12)7-5-13/h3,8H,2,4-7H2,1H3/b10-3+,11-8+. The van der Waals surface area contributed by atoms with Crippen molar-refractivity contribution >= 4 is 23.2 Å². The molecule has 0 N–H and O–H groups in total. The molecule has 20 heavy (non-hydrogen) atoms. The van der Waals surface area contributed by atoms with Crippen molar-refractivity contribution in [1.82, 2.24) is 4.90 Å². The molecule has 0 saturated carbocycles. The zero-order chi connectivity index (χ0) is 15.7. The SMILES string of the molecule is C=C(/C(=C\C(=C/C)[N+](=O)[O-])[N+](=O)[O-])N(CCCl)CCCl. The van der Waals surface area contributed by atoms with Crippen molar-refractivity contribution in [2.75, 3.05) is 24.8 Å². The second-order valence-electron chi connectivity index (χ2n) is 3.57. The van der Waals surface area contributed by atoms with Crippen LogP contribution in [0, 0.1) is 20.2 Å². The molecule has 7 nitrogen and oxygen atoms in total. The lowest BCUT2D eigenvalue weighted by Crippen LogP contribution is -2.29. The van der Waals surface area contributed by atoms with Crippen LogP contribution in [0.15, 0.2) is 35.8 Å². The topological polar surface area (TPSA) is 89.5 Å². The van der Waals surface area contributed by atoms with Gasteiger partial charge in [-0.3, -0.25) is 20.2 Å². The van der Waals surface area contributed by atoms with Crippen LogP contribution in [0.4, 0.5) is 0 Å². The fourth-order valence-corrected chi connectivity index (χ4v) is 1.78. The van der Waals surface area contributed by atoms with Gasteiger partial charge in [-0.2, -0.15) is 0 Å². The number of nitro groups is 2. The monoisotopic (exact) mass is 323 g/mol. The van der Waals surface area contributed by atoms with E-state index in [9.17, 15) is 20.2 Å². The first kappa shape index (κ1) is 18.4. The molecule has 9 heteroatoms. The summed E-state index contributed by atoms with van der Waals surface area (Å²) in [4.78, 5) is 21.9. The molecule has 0 saturated heterocycles. The minimum Gasteiger partial charge on any atom is -0.364 e. The first-order chi connectivity index (χ1) is 9.38. The van der Waals surface area contributed by atoms with Gasteiger partial charge in [0.15, 0.2) is 0 Å². The Kier molecular flexibility index (Phi) is 8.58. The molecular weight excluding hydrogens is 309 g/mol. The van der Waals surface area contributed by atoms with E-state index in [1.807, 2.05) is 0 Å². The maximum Gasteiger partial charge on any atom is 0.298 e. The molecule has 0 aliphatic carbocycles. The fourth-order valence-electron chi connectivity index (χ4n) is 1.37. The number of allylic oxidation sites excluding steroid dienone is 2. The number of alkyl halides is 2. The molecule has 0 rings (SSSR count). The highest BCUT2D eigenvalue weighted by Gasteiger charge is 2.24. The molecule has 0 aromatic rings. The summed E-state index contributed by atoms with van der Waals surface area (Å²) in [7, 11) is 0. The Labute approximate surface area is 126 Å². The molecule has 0 aromatic heterocycles. The van der Waals surface area contributed by atoms with Gasteiger partial charge in [0, 0.05) is 24.8 Å². The van der Waals surface area contributed by atoms with E-state index in [0.717, 1.165) is 6.08 Å². The predicted molar refractivity (Wildman–Crippen MR) is 78.0 cm³/mol. The lowest BCUT2D eigenvalue weighted by atomic mass is 10.2. The van der Waals surface area contributed by atoms with Crippen LogP contribution in [-0.2, 0) is 0 Å². The van der Waals surface area contributed by atoms with E-state index < -0.39 is 15.5 Å². The highest BCUT2D eigenvalue weighted by Crippen LogP contribution is 2.17. The van der Waals surface area contributed by atoms with E-state index in [1.165, 1.54) is 17.9 Å². The Balaban J connectivity index is 5.46. The minimum atomic E-state index is -0.717. The summed E-state index contributed by atoms with van der Waals surface area (Å²) in [6, 6.07) is 0. The molecule has 0 amide bonds. The highest BCUT2D eigenvalue weighted by atomic mass is 35.5. The van der Waals surface area contributed by atoms with Crippen molar-refractivity contribution in [3.8, 4) is 0 Å². The van der Waals surface area contributed by atoms with Gasteiger partial charge in [0.1, 0.15) is 5.70 Å². The van der Waals surface area contributed by atoms with E-state index in [0.29, 0.717) is 13.1 Å². The number of hydrogen-bond donors (Lipinski definition) is 0. The molecule has 0 aromatic carbocycles. The molecular formula is C11H15Cl2N3O4. The van der Waals surface area contributed by atoms with Gasteiger partial charge in [-0.1, -0.05) is 6.58 Å². The maximum absolute atomic E-state index is 11.1. The molecule has 0 unspecified atom stereocenters. The third-order valence-electron chi connectivity index (χ3n) is 2.37. The molecule has 112 valence electrons. The molecule has 0 bridgehead atoms. The normalized spacial score (nSPS) is 12.2. The summed E-state index contributed by atoms with van der Waals surface area (Å²) in [5, 5.41) is 21.8. The summed E-state index contributed by atoms with van der Waals surface area (Å²) in [5.41, 5.74) is -0.794. The molecule has 0 aliphatic heterocycles. The molecule has 0 fully saturated rings. The highest BCUT2D eigenvalue weighted by molar-refractivity contribution is 6.18. The largest absolute Gasteiger partial charge is 0.364 e. The number of rotatable bonds is 9. The van der Waals surface area contributed by atoms with Crippen molar-refractivity contribution in [1.29, 1.82) is 0 Å². The van der Waals surface area contributed by atoms with E-state index >= 15 is 0 Å². The van der Waals surface area contributed by atoms with Crippen LogP contribution in [0.5, 0.6) is 0 Å². The number of hydrogen-bond acceptors (Lipinski definition) is 5. The predicted octanol–water partition coefficient (Wildman–Crippen LogP) is 2.62. The van der Waals surface area contributed by atoms with E-state index in [-0.39, 0.29) is 23.2 Å². The zero-order valence-corrected chi connectivity index (χ0v) is 12.4. The van der Waals surface area contributed by atoms with Crippen molar-refractivity contribution in [3.05, 3.63) is 56.1 Å². The van der Waals surface area contributed by atoms with Crippen LogP contribution in [0.25, 0.3) is 0 Å². The van der Waals surface area contributed by atoms with Crippen molar-refractivity contribution in [2.24, 2.45) is 0 Å². The lowest BCUT2D eigenvalue weighted by Gasteiger charge is -2.22. The summed E-state index contributed by atoms with van der Waals surface area (Å²) in [6.45, 7) is 5.65. The van der Waals surface area contributed by atoms with Gasteiger partial charge in [-0.15, -0.1) is 23.2 Å². The van der Waals surface area contributed by atoms with Gasteiger partial charge in [0.05, 0.1) is 15.9 Å². The van der Waals surface area contributed by atoms with Gasteiger partial charge in [-0.25, -0.2) is 0 Å². The van der Waals surface area contributed by atoms with Crippen LogP contribution in [0.3, 0.4) is 0 Å². The van der Waals surface area contributed by atoms with E-state index in [4.69, 9.17) is 23.2 Å². The van der Waals surface area contributed by atoms with Crippen molar-refractivity contribution in [3.63, 3.8) is 0 Å². The molecule has 0 radical (unpaired) electrons. The maximum atomic E-state index is 11.1. The van der Waals surface area contributed by atoms with E-state index in [1.54, 1.807) is 0 Å². The third kappa shape index (κ3) is 5.58.